The van der Waals surface area contributed by atoms with Crippen LogP contribution >= 0.6 is 0 Å². The molecule has 0 bridgehead atoms. The van der Waals surface area contributed by atoms with Crippen LogP contribution in [0.5, 0.6) is 11.5 Å². The number of ether oxygens (including phenoxy) is 2. The molecule has 8 heteroatoms. The van der Waals surface area contributed by atoms with Crippen LogP contribution < -0.4 is 20.3 Å². The van der Waals surface area contributed by atoms with E-state index in [2.05, 4.69) is 10.3 Å². The first-order chi connectivity index (χ1) is 14.4. The van der Waals surface area contributed by atoms with Crippen molar-refractivity contribution in [2.24, 2.45) is 0 Å². The van der Waals surface area contributed by atoms with Gasteiger partial charge in [0.1, 0.15) is 17.4 Å². The maximum Gasteiger partial charge on any atom is 0.316 e. The lowest BCUT2D eigenvalue weighted by atomic mass is 10.0. The summed E-state index contributed by atoms with van der Waals surface area (Å²) in [7, 11) is 2.96. The van der Waals surface area contributed by atoms with Crippen molar-refractivity contribution >= 4 is 11.6 Å². The maximum atomic E-state index is 13.6. The largest absolute Gasteiger partial charge is 0.496 e. The van der Waals surface area contributed by atoms with Crippen LogP contribution in [0.1, 0.15) is 23.6 Å². The van der Waals surface area contributed by atoms with E-state index >= 15 is 0 Å². The maximum absolute atomic E-state index is 13.6. The number of hydrogen-bond donors (Lipinski definition) is 1. The second-order valence-corrected chi connectivity index (χ2v) is 6.76. The number of rotatable bonds is 7. The van der Waals surface area contributed by atoms with E-state index in [0.29, 0.717) is 12.0 Å². The SMILES string of the molecule is CCc1c(Nc2nc(=O)c(OC)cn2Cc2cc(F)cc(F)c2)ccc(C)c1OC. The Morgan fingerprint density at radius 3 is 2.40 bits per heavy atom. The first-order valence-electron chi connectivity index (χ1n) is 9.40. The highest BCUT2D eigenvalue weighted by Crippen LogP contribution is 2.32. The van der Waals surface area contributed by atoms with Gasteiger partial charge in [-0.15, -0.1) is 0 Å². The fourth-order valence-electron chi connectivity index (χ4n) is 3.35. The van der Waals surface area contributed by atoms with E-state index < -0.39 is 17.2 Å². The van der Waals surface area contributed by atoms with Gasteiger partial charge in [-0.3, -0.25) is 4.79 Å². The van der Waals surface area contributed by atoms with Gasteiger partial charge >= 0.3 is 5.56 Å². The normalized spacial score (nSPS) is 10.7. The Morgan fingerprint density at radius 1 is 1.10 bits per heavy atom. The van der Waals surface area contributed by atoms with Gasteiger partial charge in [0, 0.05) is 17.3 Å². The predicted molar refractivity (Wildman–Crippen MR) is 111 cm³/mol. The lowest BCUT2D eigenvalue weighted by molar-refractivity contribution is 0.402. The molecule has 1 heterocycles. The first-order valence-corrected chi connectivity index (χ1v) is 9.40. The van der Waals surface area contributed by atoms with E-state index in [-0.39, 0.29) is 18.2 Å². The van der Waals surface area contributed by atoms with Crippen molar-refractivity contribution in [1.29, 1.82) is 0 Å². The Kier molecular flexibility index (Phi) is 6.34. The summed E-state index contributed by atoms with van der Waals surface area (Å²) in [6, 6.07) is 7.03. The highest BCUT2D eigenvalue weighted by Gasteiger charge is 2.15. The molecule has 0 spiro atoms. The van der Waals surface area contributed by atoms with Gasteiger partial charge in [0.05, 0.1) is 27.0 Å². The number of aryl methyl sites for hydroxylation is 1. The van der Waals surface area contributed by atoms with Crippen molar-refractivity contribution in [3.8, 4) is 11.5 Å². The monoisotopic (exact) mass is 415 g/mol. The van der Waals surface area contributed by atoms with Crippen LogP contribution in [0.15, 0.2) is 41.3 Å². The van der Waals surface area contributed by atoms with E-state index in [1.807, 2.05) is 26.0 Å². The van der Waals surface area contributed by atoms with Gasteiger partial charge < -0.3 is 19.4 Å². The average molecular weight is 415 g/mol. The van der Waals surface area contributed by atoms with Gasteiger partial charge in [-0.2, -0.15) is 4.98 Å². The number of methoxy groups -OCH3 is 2. The van der Waals surface area contributed by atoms with Crippen molar-refractivity contribution in [2.45, 2.75) is 26.8 Å². The number of halogens is 2. The molecule has 3 aromatic rings. The van der Waals surface area contributed by atoms with Crippen LogP contribution in [-0.4, -0.2) is 23.8 Å². The molecule has 158 valence electrons. The van der Waals surface area contributed by atoms with Crippen LogP contribution in [0.3, 0.4) is 0 Å². The summed E-state index contributed by atoms with van der Waals surface area (Å²) >= 11 is 0. The summed E-state index contributed by atoms with van der Waals surface area (Å²) in [6.07, 6.45) is 2.14. The van der Waals surface area contributed by atoms with Gasteiger partial charge in [-0.05, 0) is 42.7 Å². The average Bonchev–Trinajstić information content (AvgIpc) is 2.70. The summed E-state index contributed by atoms with van der Waals surface area (Å²) in [5.74, 6) is -0.383. The van der Waals surface area contributed by atoms with Gasteiger partial charge in [0.2, 0.25) is 11.7 Å². The molecule has 0 fully saturated rings. The van der Waals surface area contributed by atoms with Gasteiger partial charge in [-0.1, -0.05) is 13.0 Å². The van der Waals surface area contributed by atoms with Crippen molar-refractivity contribution in [2.75, 3.05) is 19.5 Å². The van der Waals surface area contributed by atoms with E-state index in [0.717, 1.165) is 28.6 Å². The minimum Gasteiger partial charge on any atom is -0.496 e. The molecule has 0 unspecified atom stereocenters. The molecule has 6 nitrogen and oxygen atoms in total. The molecule has 0 saturated heterocycles. The molecule has 3 rings (SSSR count). The van der Waals surface area contributed by atoms with Gasteiger partial charge in [0.25, 0.3) is 0 Å². The lowest BCUT2D eigenvalue weighted by Crippen LogP contribution is -2.19. The summed E-state index contributed by atoms with van der Waals surface area (Å²) in [5.41, 5.74) is 2.44. The number of nitrogens with one attached hydrogen (secondary N) is 1. The van der Waals surface area contributed by atoms with Gasteiger partial charge in [-0.25, -0.2) is 8.78 Å². The molecule has 2 aromatic carbocycles. The first kappa shape index (κ1) is 21.3. The van der Waals surface area contributed by atoms with Crippen LogP contribution in [0.25, 0.3) is 0 Å². The van der Waals surface area contributed by atoms with Crippen molar-refractivity contribution in [3.05, 3.63) is 75.2 Å². The van der Waals surface area contributed by atoms with E-state index in [4.69, 9.17) is 9.47 Å². The molecular formula is C22H23F2N3O3. The zero-order chi connectivity index (χ0) is 21.8. The molecule has 0 aliphatic rings. The van der Waals surface area contributed by atoms with Gasteiger partial charge in [0.15, 0.2) is 0 Å². The molecular weight excluding hydrogens is 392 g/mol. The van der Waals surface area contributed by atoms with Crippen LogP contribution in [0.2, 0.25) is 0 Å². The van der Waals surface area contributed by atoms with Crippen LogP contribution in [0, 0.1) is 18.6 Å². The molecule has 0 aliphatic heterocycles. The second kappa shape index (κ2) is 8.94. The molecule has 0 saturated carbocycles. The molecule has 0 radical (unpaired) electrons. The lowest BCUT2D eigenvalue weighted by Gasteiger charge is -2.19. The summed E-state index contributed by atoms with van der Waals surface area (Å²) in [6.45, 7) is 4.01. The minimum absolute atomic E-state index is 0.0228. The topological polar surface area (TPSA) is 65.4 Å². The summed E-state index contributed by atoms with van der Waals surface area (Å²) < 4.78 is 39.5. The number of aromatic nitrogens is 2. The Balaban J connectivity index is 2.09. The van der Waals surface area contributed by atoms with E-state index in [9.17, 15) is 13.6 Å². The summed E-state index contributed by atoms with van der Waals surface area (Å²) in [4.78, 5) is 16.3. The Morgan fingerprint density at radius 2 is 1.80 bits per heavy atom. The fraction of sp³-hybridized carbons (Fsp3) is 0.273. The standard InChI is InChI=1S/C22H23F2N3O3/c1-5-17-18(7-6-13(2)20(17)30-4)25-22-26-21(28)19(29-3)12-27(22)11-14-8-15(23)10-16(24)9-14/h6-10,12H,5,11H2,1-4H3,(H,25,26,28). The smallest absolute Gasteiger partial charge is 0.316 e. The van der Waals surface area contributed by atoms with Crippen molar-refractivity contribution in [1.82, 2.24) is 9.55 Å². The number of hydrogen-bond acceptors (Lipinski definition) is 5. The quantitative estimate of drug-likeness (QED) is 0.627. The molecule has 0 aliphatic carbocycles. The zero-order valence-corrected chi connectivity index (χ0v) is 17.3. The highest BCUT2D eigenvalue weighted by molar-refractivity contribution is 5.65. The Hall–Kier alpha value is -3.42. The molecule has 30 heavy (non-hydrogen) atoms. The predicted octanol–water partition coefficient (Wildman–Crippen LogP) is 4.20. The third-order valence-electron chi connectivity index (χ3n) is 4.72. The number of anilines is 2. The molecule has 0 amide bonds. The highest BCUT2D eigenvalue weighted by atomic mass is 19.1. The molecule has 1 aromatic heterocycles. The second-order valence-electron chi connectivity index (χ2n) is 6.76. The van der Waals surface area contributed by atoms with Crippen molar-refractivity contribution < 1.29 is 18.3 Å². The van der Waals surface area contributed by atoms with E-state index in [1.54, 1.807) is 11.7 Å². The Labute approximate surface area is 173 Å². The fourth-order valence-corrected chi connectivity index (χ4v) is 3.35. The van der Waals surface area contributed by atoms with E-state index in [1.165, 1.54) is 25.4 Å². The third kappa shape index (κ3) is 4.42. The van der Waals surface area contributed by atoms with Crippen LogP contribution in [0.4, 0.5) is 20.4 Å². The summed E-state index contributed by atoms with van der Waals surface area (Å²) in [5, 5.41) is 3.16. The Bertz CT molecular complexity index is 1110. The minimum atomic E-state index is -0.683. The van der Waals surface area contributed by atoms with Crippen molar-refractivity contribution in [3.63, 3.8) is 0 Å². The molecule has 1 N–H and O–H groups in total. The zero-order valence-electron chi connectivity index (χ0n) is 17.3. The number of nitrogens with zero attached hydrogens (tertiary/aromatic N) is 2. The number of benzene rings is 2. The third-order valence-corrected chi connectivity index (χ3v) is 4.72. The van der Waals surface area contributed by atoms with Crippen LogP contribution in [-0.2, 0) is 13.0 Å². The molecule has 0 atom stereocenters.